The number of rotatable bonds is 5. The number of nitrogens with one attached hydrogen (secondary N) is 1. The van der Waals surface area contributed by atoms with Crippen LogP contribution in [0.25, 0.3) is 0 Å². The summed E-state index contributed by atoms with van der Waals surface area (Å²) in [5.74, 6) is -0.556. The van der Waals surface area contributed by atoms with Gasteiger partial charge in [-0.15, -0.1) is 0 Å². The van der Waals surface area contributed by atoms with Gasteiger partial charge in [-0.05, 0) is 27.6 Å². The van der Waals surface area contributed by atoms with Gasteiger partial charge < -0.3 is 10.1 Å². The van der Waals surface area contributed by atoms with Crippen molar-refractivity contribution in [1.29, 1.82) is 0 Å². The molecule has 6 heteroatoms. The summed E-state index contributed by atoms with van der Waals surface area (Å²) < 4.78 is 18.0. The highest BCUT2D eigenvalue weighted by Crippen LogP contribution is 2.20. The molecule has 0 saturated carbocycles. The van der Waals surface area contributed by atoms with Crippen molar-refractivity contribution in [2.24, 2.45) is 0 Å². The minimum atomic E-state index is -0.289. The Balaban J connectivity index is 2.46. The maximum Gasteiger partial charge on any atom is 0.319 e. The quantitative estimate of drug-likeness (QED) is 0.456. The van der Waals surface area contributed by atoms with Crippen LogP contribution in [-0.2, 0) is 16.1 Å². The summed E-state index contributed by atoms with van der Waals surface area (Å²) in [6, 6.07) is 4.86. The van der Waals surface area contributed by atoms with Crippen molar-refractivity contribution in [3.05, 3.63) is 34.1 Å². The zero-order chi connectivity index (χ0) is 12.8. The molecule has 1 aromatic carbocycles. The molecule has 0 bridgehead atoms. The van der Waals surface area contributed by atoms with Gasteiger partial charge in [0.05, 0.1) is 11.6 Å². The number of esters is 1. The fraction of sp³-hybridized carbons (Fsp3) is 0.364. The van der Waals surface area contributed by atoms with E-state index < -0.39 is 0 Å². The minimum absolute atomic E-state index is 0.245. The number of methoxy groups -OCH3 is 1. The highest BCUT2D eigenvalue weighted by atomic mass is 127. The summed E-state index contributed by atoms with van der Waals surface area (Å²) in [5, 5.41) is 3.08. The summed E-state index contributed by atoms with van der Waals surface area (Å²) in [7, 11) is 1.36. The predicted octanol–water partition coefficient (Wildman–Crippen LogP) is 2.65. The molecule has 1 rings (SSSR count). The molecule has 0 aliphatic carbocycles. The van der Waals surface area contributed by atoms with Crippen LogP contribution < -0.4 is 5.32 Å². The SMILES string of the molecule is COC(=O)C(I)CNCc1cccc(F)c1Br. The van der Waals surface area contributed by atoms with E-state index in [1.54, 1.807) is 6.07 Å². The Morgan fingerprint density at radius 1 is 1.65 bits per heavy atom. The van der Waals surface area contributed by atoms with Crippen LogP contribution in [0.5, 0.6) is 0 Å². The van der Waals surface area contributed by atoms with E-state index in [1.807, 2.05) is 28.7 Å². The molecule has 0 spiro atoms. The number of ether oxygens (including phenoxy) is 1. The molecule has 0 aromatic heterocycles. The molecule has 17 heavy (non-hydrogen) atoms. The van der Waals surface area contributed by atoms with Gasteiger partial charge in [0.15, 0.2) is 0 Å². The van der Waals surface area contributed by atoms with E-state index in [0.29, 0.717) is 17.6 Å². The lowest BCUT2D eigenvalue weighted by atomic mass is 10.2. The highest BCUT2D eigenvalue weighted by Gasteiger charge is 2.14. The fourth-order valence-electron chi connectivity index (χ4n) is 1.23. The molecule has 1 N–H and O–H groups in total. The third kappa shape index (κ3) is 4.51. The van der Waals surface area contributed by atoms with Crippen LogP contribution in [0.2, 0.25) is 0 Å². The molecule has 0 saturated heterocycles. The van der Waals surface area contributed by atoms with Crippen LogP contribution in [-0.4, -0.2) is 23.5 Å². The largest absolute Gasteiger partial charge is 0.468 e. The number of hydrogen-bond acceptors (Lipinski definition) is 3. The first-order chi connectivity index (χ1) is 8.06. The van der Waals surface area contributed by atoms with Gasteiger partial charge in [0.2, 0.25) is 0 Å². The van der Waals surface area contributed by atoms with Gasteiger partial charge in [0, 0.05) is 13.1 Å². The number of halogens is 3. The third-order valence-electron chi connectivity index (χ3n) is 2.13. The zero-order valence-electron chi connectivity index (χ0n) is 9.17. The summed E-state index contributed by atoms with van der Waals surface area (Å²) in [6.45, 7) is 0.977. The van der Waals surface area contributed by atoms with Crippen molar-refractivity contribution in [3.63, 3.8) is 0 Å². The molecule has 3 nitrogen and oxygen atoms in total. The molecular formula is C11H12BrFINO2. The van der Waals surface area contributed by atoms with Crippen molar-refractivity contribution < 1.29 is 13.9 Å². The number of benzene rings is 1. The Morgan fingerprint density at radius 3 is 3.00 bits per heavy atom. The second-order valence-corrected chi connectivity index (χ2v) is 5.63. The summed E-state index contributed by atoms with van der Waals surface area (Å²) in [4.78, 5) is 11.1. The monoisotopic (exact) mass is 415 g/mol. The number of hydrogen-bond donors (Lipinski definition) is 1. The molecule has 1 atom stereocenters. The van der Waals surface area contributed by atoms with Gasteiger partial charge in [-0.2, -0.15) is 0 Å². The smallest absolute Gasteiger partial charge is 0.319 e. The molecule has 0 radical (unpaired) electrons. The van der Waals surface area contributed by atoms with Gasteiger partial charge in [-0.1, -0.05) is 34.7 Å². The topological polar surface area (TPSA) is 38.3 Å². The van der Waals surface area contributed by atoms with Crippen LogP contribution in [0.3, 0.4) is 0 Å². The number of carbonyl (C=O) groups is 1. The second-order valence-electron chi connectivity index (χ2n) is 3.33. The first-order valence-electron chi connectivity index (χ1n) is 4.91. The molecule has 0 aliphatic rings. The van der Waals surface area contributed by atoms with E-state index in [4.69, 9.17) is 0 Å². The van der Waals surface area contributed by atoms with Crippen LogP contribution >= 0.6 is 38.5 Å². The van der Waals surface area contributed by atoms with Crippen LogP contribution in [0.4, 0.5) is 4.39 Å². The first kappa shape index (κ1) is 14.8. The molecule has 1 unspecified atom stereocenters. The fourth-order valence-corrected chi connectivity index (χ4v) is 2.20. The summed E-state index contributed by atoms with van der Waals surface area (Å²) in [5.41, 5.74) is 0.818. The average Bonchev–Trinajstić information content (AvgIpc) is 2.33. The van der Waals surface area contributed by atoms with Crippen LogP contribution in [0, 0.1) is 5.82 Å². The second kappa shape index (κ2) is 7.27. The standard InChI is InChI=1S/C11H12BrFINO2/c1-17-11(16)9(14)6-15-5-7-3-2-4-8(13)10(7)12/h2-4,9,15H,5-6H2,1H3. The van der Waals surface area contributed by atoms with E-state index in [2.05, 4.69) is 26.0 Å². The molecule has 0 aliphatic heterocycles. The zero-order valence-corrected chi connectivity index (χ0v) is 12.9. The van der Waals surface area contributed by atoms with E-state index in [-0.39, 0.29) is 15.7 Å². The van der Waals surface area contributed by atoms with Gasteiger partial charge in [-0.25, -0.2) is 4.39 Å². The van der Waals surface area contributed by atoms with Gasteiger partial charge in [0.1, 0.15) is 9.74 Å². The van der Waals surface area contributed by atoms with Crippen LogP contribution in [0.15, 0.2) is 22.7 Å². The molecule has 0 fully saturated rings. The predicted molar refractivity (Wildman–Crippen MR) is 75.6 cm³/mol. The van der Waals surface area contributed by atoms with Gasteiger partial charge in [-0.3, -0.25) is 4.79 Å². The van der Waals surface area contributed by atoms with E-state index >= 15 is 0 Å². The van der Waals surface area contributed by atoms with Crippen LogP contribution in [0.1, 0.15) is 5.56 Å². The molecule has 0 amide bonds. The van der Waals surface area contributed by atoms with E-state index in [1.165, 1.54) is 13.2 Å². The third-order valence-corrected chi connectivity index (χ3v) is 3.96. The first-order valence-corrected chi connectivity index (χ1v) is 6.95. The number of carbonyl (C=O) groups excluding carboxylic acids is 1. The molecule has 94 valence electrons. The Kier molecular flexibility index (Phi) is 6.35. The number of alkyl halides is 1. The molecular weight excluding hydrogens is 404 g/mol. The Bertz CT molecular complexity index is 403. The normalized spacial score (nSPS) is 12.2. The van der Waals surface area contributed by atoms with Crippen molar-refractivity contribution in [3.8, 4) is 0 Å². The van der Waals surface area contributed by atoms with Crippen molar-refractivity contribution in [2.45, 2.75) is 10.5 Å². The van der Waals surface area contributed by atoms with E-state index in [9.17, 15) is 9.18 Å². The van der Waals surface area contributed by atoms with Crippen molar-refractivity contribution in [2.75, 3.05) is 13.7 Å². The summed E-state index contributed by atoms with van der Waals surface area (Å²) >= 11 is 5.18. The molecule has 0 heterocycles. The van der Waals surface area contributed by atoms with E-state index in [0.717, 1.165) is 5.56 Å². The Hall–Kier alpha value is -0.210. The lowest BCUT2D eigenvalue weighted by Gasteiger charge is -2.10. The summed E-state index contributed by atoms with van der Waals surface area (Å²) in [6.07, 6.45) is 0. The van der Waals surface area contributed by atoms with Gasteiger partial charge >= 0.3 is 5.97 Å². The van der Waals surface area contributed by atoms with Gasteiger partial charge in [0.25, 0.3) is 0 Å². The van der Waals surface area contributed by atoms with Crippen molar-refractivity contribution >= 4 is 44.5 Å². The Labute approximate surface area is 121 Å². The highest BCUT2D eigenvalue weighted by molar-refractivity contribution is 14.1. The lowest BCUT2D eigenvalue weighted by Crippen LogP contribution is -2.29. The Morgan fingerprint density at radius 2 is 2.35 bits per heavy atom. The average molecular weight is 416 g/mol. The maximum absolute atomic E-state index is 13.2. The van der Waals surface area contributed by atoms with Crippen molar-refractivity contribution in [1.82, 2.24) is 5.32 Å². The molecule has 1 aromatic rings. The minimum Gasteiger partial charge on any atom is -0.468 e. The maximum atomic E-state index is 13.2. The lowest BCUT2D eigenvalue weighted by molar-refractivity contribution is -0.139.